The minimum Gasteiger partial charge on any atom is -0.306 e. The highest BCUT2D eigenvalue weighted by atomic mass is 32.1. The maximum Gasteiger partial charge on any atom is 0.00579 e. The van der Waals surface area contributed by atoms with Crippen LogP contribution in [-0.2, 0) is 6.42 Å². The van der Waals surface area contributed by atoms with Gasteiger partial charge in [0.25, 0.3) is 0 Å². The van der Waals surface area contributed by atoms with Crippen LogP contribution >= 0.6 is 24.0 Å². The van der Waals surface area contributed by atoms with E-state index in [1.54, 1.807) is 0 Å². The zero-order chi connectivity index (χ0) is 9.52. The molecule has 0 spiro atoms. The van der Waals surface area contributed by atoms with Gasteiger partial charge in [-0.3, -0.25) is 0 Å². The molecule has 0 fully saturated rings. The van der Waals surface area contributed by atoms with Crippen LogP contribution in [0.5, 0.6) is 0 Å². The number of thiophene rings is 1. The van der Waals surface area contributed by atoms with E-state index in [0.29, 0.717) is 0 Å². The monoisotopic (exact) mass is 215 g/mol. The zero-order valence-corrected chi connectivity index (χ0v) is 9.78. The average Bonchev–Trinajstić information content (AvgIpc) is 2.64. The fourth-order valence-corrected chi connectivity index (χ4v) is 2.05. The van der Waals surface area contributed by atoms with Crippen LogP contribution in [-0.4, -0.2) is 30.8 Å². The number of rotatable bonds is 6. The summed E-state index contributed by atoms with van der Waals surface area (Å²) in [4.78, 5) is 3.85. The predicted molar refractivity (Wildman–Crippen MR) is 64.0 cm³/mol. The van der Waals surface area contributed by atoms with Crippen LogP contribution < -0.4 is 0 Å². The van der Waals surface area contributed by atoms with Crippen LogP contribution in [0.15, 0.2) is 17.5 Å². The maximum atomic E-state index is 4.20. The Morgan fingerprint density at radius 1 is 1.46 bits per heavy atom. The summed E-state index contributed by atoms with van der Waals surface area (Å²) in [6, 6.07) is 4.32. The summed E-state index contributed by atoms with van der Waals surface area (Å²) in [5, 5.41) is 2.14. The molecule has 74 valence electrons. The first-order chi connectivity index (χ1) is 6.33. The first-order valence-electron chi connectivity index (χ1n) is 4.64. The molecule has 1 aromatic rings. The van der Waals surface area contributed by atoms with E-state index in [1.807, 2.05) is 11.3 Å². The van der Waals surface area contributed by atoms with E-state index in [2.05, 4.69) is 42.1 Å². The number of thiol groups is 1. The Labute approximate surface area is 90.2 Å². The van der Waals surface area contributed by atoms with Gasteiger partial charge < -0.3 is 4.90 Å². The molecule has 1 rings (SSSR count). The van der Waals surface area contributed by atoms with Crippen molar-refractivity contribution < 1.29 is 0 Å². The second-order valence-corrected chi connectivity index (χ2v) is 4.69. The lowest BCUT2D eigenvalue weighted by Crippen LogP contribution is -2.22. The minimum absolute atomic E-state index is 0.989. The molecule has 0 atom stereocenters. The van der Waals surface area contributed by atoms with Crippen LogP contribution in [0.25, 0.3) is 0 Å². The molecule has 1 aromatic heterocycles. The van der Waals surface area contributed by atoms with Crippen LogP contribution in [0.2, 0.25) is 0 Å². The number of hydrogen-bond donors (Lipinski definition) is 1. The van der Waals surface area contributed by atoms with Gasteiger partial charge in [0.2, 0.25) is 0 Å². The number of nitrogens with zero attached hydrogens (tertiary/aromatic N) is 1. The van der Waals surface area contributed by atoms with Crippen molar-refractivity contribution in [3.63, 3.8) is 0 Å². The van der Waals surface area contributed by atoms with Crippen LogP contribution in [0.3, 0.4) is 0 Å². The van der Waals surface area contributed by atoms with Gasteiger partial charge >= 0.3 is 0 Å². The minimum atomic E-state index is 0.989. The molecule has 13 heavy (non-hydrogen) atoms. The molecule has 0 saturated carbocycles. The largest absolute Gasteiger partial charge is 0.306 e. The van der Waals surface area contributed by atoms with E-state index < -0.39 is 0 Å². The Kier molecular flexibility index (Phi) is 5.51. The van der Waals surface area contributed by atoms with Crippen molar-refractivity contribution in [3.8, 4) is 0 Å². The van der Waals surface area contributed by atoms with Crippen molar-refractivity contribution in [1.29, 1.82) is 0 Å². The van der Waals surface area contributed by atoms with Gasteiger partial charge in [0.15, 0.2) is 0 Å². The molecular weight excluding hydrogens is 198 g/mol. The molecular formula is C10H17NS2. The smallest absolute Gasteiger partial charge is 0.00579 e. The third kappa shape index (κ3) is 4.69. The standard InChI is InChI=1S/C10H17NS2/c1-11(6-3-8-12)7-5-10-4-2-9-13-10/h2,4,9,12H,3,5-8H2,1H3. The summed E-state index contributed by atoms with van der Waals surface area (Å²) in [5.74, 6) is 0.989. The van der Waals surface area contributed by atoms with Crippen molar-refractivity contribution in [3.05, 3.63) is 22.4 Å². The summed E-state index contributed by atoms with van der Waals surface area (Å²) in [5.41, 5.74) is 0. The summed E-state index contributed by atoms with van der Waals surface area (Å²) in [7, 11) is 2.18. The van der Waals surface area contributed by atoms with Crippen LogP contribution in [0.1, 0.15) is 11.3 Å². The van der Waals surface area contributed by atoms with E-state index in [9.17, 15) is 0 Å². The molecule has 0 amide bonds. The average molecular weight is 215 g/mol. The van der Waals surface area contributed by atoms with Crippen molar-refractivity contribution in [1.82, 2.24) is 4.90 Å². The van der Waals surface area contributed by atoms with Gasteiger partial charge in [0.05, 0.1) is 0 Å². The molecule has 0 aliphatic rings. The number of likely N-dealkylation sites (N-methyl/N-ethyl adjacent to an activating group) is 1. The molecule has 0 saturated heterocycles. The Morgan fingerprint density at radius 3 is 2.92 bits per heavy atom. The normalized spacial score (nSPS) is 11.0. The molecule has 3 heteroatoms. The Morgan fingerprint density at radius 2 is 2.31 bits per heavy atom. The van der Waals surface area contributed by atoms with Gasteiger partial charge in [0, 0.05) is 11.4 Å². The number of hydrogen-bond acceptors (Lipinski definition) is 3. The molecule has 0 N–H and O–H groups in total. The van der Waals surface area contributed by atoms with Crippen LogP contribution in [0.4, 0.5) is 0 Å². The van der Waals surface area contributed by atoms with Gasteiger partial charge in [-0.15, -0.1) is 11.3 Å². The van der Waals surface area contributed by atoms with E-state index in [0.717, 1.165) is 18.8 Å². The van der Waals surface area contributed by atoms with Crippen molar-refractivity contribution in [2.24, 2.45) is 0 Å². The Bertz CT molecular complexity index is 209. The fraction of sp³-hybridized carbons (Fsp3) is 0.600. The van der Waals surface area contributed by atoms with E-state index in [4.69, 9.17) is 0 Å². The molecule has 0 unspecified atom stereocenters. The quantitative estimate of drug-likeness (QED) is 0.714. The van der Waals surface area contributed by atoms with Gasteiger partial charge in [-0.1, -0.05) is 6.07 Å². The highest BCUT2D eigenvalue weighted by Gasteiger charge is 1.98. The summed E-state index contributed by atoms with van der Waals surface area (Å²) >= 11 is 6.05. The lowest BCUT2D eigenvalue weighted by Gasteiger charge is -2.14. The highest BCUT2D eigenvalue weighted by molar-refractivity contribution is 7.80. The predicted octanol–water partition coefficient (Wildman–Crippen LogP) is 2.54. The van der Waals surface area contributed by atoms with Gasteiger partial charge in [-0.25, -0.2) is 0 Å². The van der Waals surface area contributed by atoms with Crippen molar-refractivity contribution >= 4 is 24.0 Å². The van der Waals surface area contributed by atoms with Crippen LogP contribution in [0, 0.1) is 0 Å². The lowest BCUT2D eigenvalue weighted by molar-refractivity contribution is 0.341. The molecule has 0 aliphatic heterocycles. The van der Waals surface area contributed by atoms with Gasteiger partial charge in [0.1, 0.15) is 0 Å². The molecule has 1 heterocycles. The first kappa shape index (κ1) is 11.1. The van der Waals surface area contributed by atoms with Gasteiger partial charge in [-0.05, 0) is 43.6 Å². The summed E-state index contributed by atoms with van der Waals surface area (Å²) in [6.07, 6.45) is 2.37. The molecule has 1 nitrogen and oxygen atoms in total. The third-order valence-corrected chi connectivity index (χ3v) is 3.27. The van der Waals surface area contributed by atoms with Crippen molar-refractivity contribution in [2.45, 2.75) is 12.8 Å². The second-order valence-electron chi connectivity index (χ2n) is 3.21. The fourth-order valence-electron chi connectivity index (χ4n) is 1.21. The third-order valence-electron chi connectivity index (χ3n) is 2.02. The zero-order valence-electron chi connectivity index (χ0n) is 8.07. The Balaban J connectivity index is 2.11. The molecule has 0 aromatic carbocycles. The van der Waals surface area contributed by atoms with Crippen molar-refractivity contribution in [2.75, 3.05) is 25.9 Å². The molecule has 0 bridgehead atoms. The van der Waals surface area contributed by atoms with Gasteiger partial charge in [-0.2, -0.15) is 12.6 Å². The van der Waals surface area contributed by atoms with E-state index in [-0.39, 0.29) is 0 Å². The molecule has 0 aliphatic carbocycles. The van der Waals surface area contributed by atoms with E-state index >= 15 is 0 Å². The SMILES string of the molecule is CN(CCCS)CCc1cccs1. The maximum absolute atomic E-state index is 4.20. The second kappa shape index (κ2) is 6.46. The highest BCUT2D eigenvalue weighted by Crippen LogP contribution is 2.09. The summed E-state index contributed by atoms with van der Waals surface area (Å²) in [6.45, 7) is 2.32. The molecule has 0 radical (unpaired) electrons. The lowest BCUT2D eigenvalue weighted by atomic mass is 10.3. The first-order valence-corrected chi connectivity index (χ1v) is 6.16. The van der Waals surface area contributed by atoms with E-state index in [1.165, 1.54) is 17.7 Å². The topological polar surface area (TPSA) is 3.24 Å². The summed E-state index contributed by atoms with van der Waals surface area (Å²) < 4.78 is 0. The Hall–Kier alpha value is 0.01000.